The van der Waals surface area contributed by atoms with Gasteiger partial charge in [-0.3, -0.25) is 0 Å². The molecular formula is C13H25NO3S. The van der Waals surface area contributed by atoms with Gasteiger partial charge in [-0.15, -0.1) is 0 Å². The predicted molar refractivity (Wildman–Crippen MR) is 72.4 cm³/mol. The molecule has 2 rings (SSSR count). The summed E-state index contributed by atoms with van der Waals surface area (Å²) in [6, 6.07) is 0.876. The van der Waals surface area contributed by atoms with Gasteiger partial charge in [0.05, 0.1) is 17.6 Å². The Morgan fingerprint density at radius 3 is 2.39 bits per heavy atom. The van der Waals surface area contributed by atoms with E-state index in [4.69, 9.17) is 4.74 Å². The molecule has 4 nitrogen and oxygen atoms in total. The van der Waals surface area contributed by atoms with Crippen LogP contribution in [0.1, 0.15) is 39.5 Å². The van der Waals surface area contributed by atoms with Gasteiger partial charge in [-0.1, -0.05) is 13.8 Å². The lowest BCUT2D eigenvalue weighted by atomic mass is 9.94. The van der Waals surface area contributed by atoms with E-state index in [1.807, 2.05) is 0 Å². The van der Waals surface area contributed by atoms with Crippen LogP contribution < -0.4 is 5.32 Å². The van der Waals surface area contributed by atoms with Crippen LogP contribution in [0.15, 0.2) is 0 Å². The van der Waals surface area contributed by atoms with Crippen molar-refractivity contribution in [3.63, 3.8) is 0 Å². The van der Waals surface area contributed by atoms with Crippen molar-refractivity contribution in [2.24, 2.45) is 5.92 Å². The van der Waals surface area contributed by atoms with Crippen molar-refractivity contribution in [2.75, 3.05) is 18.1 Å². The van der Waals surface area contributed by atoms with Crippen LogP contribution in [0.3, 0.4) is 0 Å². The number of hydrogen-bond donors (Lipinski definition) is 1. The Balaban J connectivity index is 1.79. The Morgan fingerprint density at radius 1 is 1.11 bits per heavy atom. The molecule has 0 aromatic rings. The third-order valence-corrected chi connectivity index (χ3v) is 5.80. The molecule has 106 valence electrons. The molecule has 2 fully saturated rings. The Morgan fingerprint density at radius 2 is 1.78 bits per heavy atom. The zero-order valence-electron chi connectivity index (χ0n) is 11.4. The normalized spacial score (nSPS) is 33.7. The summed E-state index contributed by atoms with van der Waals surface area (Å²) in [5.41, 5.74) is 0. The molecule has 1 N–H and O–H groups in total. The lowest BCUT2D eigenvalue weighted by molar-refractivity contribution is -0.0260. The van der Waals surface area contributed by atoms with Gasteiger partial charge in [-0.2, -0.15) is 0 Å². The molecule has 0 radical (unpaired) electrons. The molecule has 2 aliphatic rings. The largest absolute Gasteiger partial charge is 0.378 e. The summed E-state index contributed by atoms with van der Waals surface area (Å²) in [5.74, 6) is 1.25. The summed E-state index contributed by atoms with van der Waals surface area (Å²) >= 11 is 0. The zero-order chi connectivity index (χ0) is 13.2. The molecule has 0 spiro atoms. The minimum absolute atomic E-state index is 0.349. The van der Waals surface area contributed by atoms with Gasteiger partial charge in [0, 0.05) is 18.7 Å². The molecule has 0 bridgehead atoms. The van der Waals surface area contributed by atoms with E-state index in [1.165, 1.54) is 0 Å². The standard InChI is InChI=1S/C13H25NO3S/c1-10(2)13-9-12(3-6-17-13)14-11-4-7-18(15,16)8-5-11/h10-14H,3-9H2,1-2H3. The smallest absolute Gasteiger partial charge is 0.150 e. The first kappa shape index (κ1) is 14.3. The minimum atomic E-state index is -2.75. The number of rotatable bonds is 3. The average Bonchev–Trinajstić information content (AvgIpc) is 2.32. The second kappa shape index (κ2) is 5.88. The molecule has 0 aromatic carbocycles. The van der Waals surface area contributed by atoms with E-state index in [-0.39, 0.29) is 0 Å². The van der Waals surface area contributed by atoms with Crippen molar-refractivity contribution in [1.82, 2.24) is 5.32 Å². The first-order valence-corrected chi connectivity index (χ1v) is 8.86. The van der Waals surface area contributed by atoms with Crippen LogP contribution in [-0.4, -0.2) is 44.7 Å². The van der Waals surface area contributed by atoms with E-state index in [1.54, 1.807) is 0 Å². The van der Waals surface area contributed by atoms with Crippen LogP contribution in [0.25, 0.3) is 0 Å². The van der Waals surface area contributed by atoms with E-state index in [2.05, 4.69) is 19.2 Å². The molecule has 2 saturated heterocycles. The third kappa shape index (κ3) is 3.93. The van der Waals surface area contributed by atoms with Gasteiger partial charge in [0.15, 0.2) is 0 Å². The highest BCUT2D eigenvalue weighted by Gasteiger charge is 2.29. The molecule has 2 atom stereocenters. The summed E-state index contributed by atoms with van der Waals surface area (Å²) in [5, 5.41) is 3.64. The Bertz CT molecular complexity index is 352. The molecular weight excluding hydrogens is 250 g/mol. The van der Waals surface area contributed by atoms with E-state index in [0.29, 0.717) is 35.6 Å². The van der Waals surface area contributed by atoms with Crippen LogP contribution >= 0.6 is 0 Å². The molecule has 0 aromatic heterocycles. The fourth-order valence-electron chi connectivity index (χ4n) is 2.83. The van der Waals surface area contributed by atoms with Crippen molar-refractivity contribution in [3.05, 3.63) is 0 Å². The summed E-state index contributed by atoms with van der Waals surface area (Å²) in [4.78, 5) is 0. The van der Waals surface area contributed by atoms with Gasteiger partial charge >= 0.3 is 0 Å². The van der Waals surface area contributed by atoms with Gasteiger partial charge < -0.3 is 10.1 Å². The molecule has 0 saturated carbocycles. The molecule has 2 unspecified atom stereocenters. The summed E-state index contributed by atoms with van der Waals surface area (Å²) in [6.07, 6.45) is 3.99. The lowest BCUT2D eigenvalue weighted by Gasteiger charge is -2.35. The fraction of sp³-hybridized carbons (Fsp3) is 1.00. The lowest BCUT2D eigenvalue weighted by Crippen LogP contribution is -2.47. The van der Waals surface area contributed by atoms with Crippen LogP contribution in [0.4, 0.5) is 0 Å². The average molecular weight is 275 g/mol. The molecule has 0 amide bonds. The third-order valence-electron chi connectivity index (χ3n) is 4.08. The Kier molecular flexibility index (Phi) is 4.67. The number of sulfone groups is 1. The van der Waals surface area contributed by atoms with E-state index < -0.39 is 9.84 Å². The topological polar surface area (TPSA) is 55.4 Å². The molecule has 0 aliphatic carbocycles. The van der Waals surface area contributed by atoms with E-state index in [9.17, 15) is 8.42 Å². The number of ether oxygens (including phenoxy) is 1. The zero-order valence-corrected chi connectivity index (χ0v) is 12.2. The van der Waals surface area contributed by atoms with Crippen molar-refractivity contribution < 1.29 is 13.2 Å². The quantitative estimate of drug-likeness (QED) is 0.845. The van der Waals surface area contributed by atoms with Crippen LogP contribution in [-0.2, 0) is 14.6 Å². The van der Waals surface area contributed by atoms with Crippen molar-refractivity contribution in [3.8, 4) is 0 Å². The van der Waals surface area contributed by atoms with Gasteiger partial charge in [0.2, 0.25) is 0 Å². The second-order valence-corrected chi connectivity index (χ2v) is 8.27. The highest BCUT2D eigenvalue weighted by molar-refractivity contribution is 7.91. The van der Waals surface area contributed by atoms with Crippen LogP contribution in [0, 0.1) is 5.92 Å². The van der Waals surface area contributed by atoms with E-state index in [0.717, 1.165) is 32.3 Å². The molecule has 5 heteroatoms. The molecule has 2 heterocycles. The first-order chi connectivity index (χ1) is 8.46. The number of nitrogens with one attached hydrogen (secondary N) is 1. The van der Waals surface area contributed by atoms with Gasteiger partial charge in [-0.25, -0.2) is 8.42 Å². The molecule has 2 aliphatic heterocycles. The highest BCUT2D eigenvalue weighted by atomic mass is 32.2. The maximum absolute atomic E-state index is 11.4. The molecule has 18 heavy (non-hydrogen) atoms. The van der Waals surface area contributed by atoms with Gasteiger partial charge in [0.1, 0.15) is 9.84 Å². The van der Waals surface area contributed by atoms with Crippen LogP contribution in [0.5, 0.6) is 0 Å². The van der Waals surface area contributed by atoms with Gasteiger partial charge in [-0.05, 0) is 31.6 Å². The first-order valence-electron chi connectivity index (χ1n) is 7.04. The van der Waals surface area contributed by atoms with Crippen LogP contribution in [0.2, 0.25) is 0 Å². The fourth-order valence-corrected chi connectivity index (χ4v) is 4.33. The van der Waals surface area contributed by atoms with Crippen molar-refractivity contribution in [1.29, 1.82) is 0 Å². The van der Waals surface area contributed by atoms with Crippen molar-refractivity contribution in [2.45, 2.75) is 57.7 Å². The summed E-state index contributed by atoms with van der Waals surface area (Å²) in [7, 11) is -2.75. The maximum Gasteiger partial charge on any atom is 0.150 e. The minimum Gasteiger partial charge on any atom is -0.378 e. The highest BCUT2D eigenvalue weighted by Crippen LogP contribution is 2.22. The monoisotopic (exact) mass is 275 g/mol. The Hall–Kier alpha value is -0.130. The predicted octanol–water partition coefficient (Wildman–Crippen LogP) is 1.36. The Labute approximate surface area is 110 Å². The van der Waals surface area contributed by atoms with E-state index >= 15 is 0 Å². The maximum atomic E-state index is 11.4. The second-order valence-electron chi connectivity index (χ2n) is 5.97. The SMILES string of the molecule is CC(C)C1CC(NC2CCS(=O)(=O)CC2)CCO1. The summed E-state index contributed by atoms with van der Waals surface area (Å²) in [6.45, 7) is 5.21. The van der Waals surface area contributed by atoms with Crippen molar-refractivity contribution >= 4 is 9.84 Å². The number of hydrogen-bond acceptors (Lipinski definition) is 4. The van der Waals surface area contributed by atoms with Gasteiger partial charge in [0.25, 0.3) is 0 Å². The summed E-state index contributed by atoms with van der Waals surface area (Å²) < 4.78 is 28.5.